The van der Waals surface area contributed by atoms with Gasteiger partial charge in [-0.15, -0.1) is 0 Å². The van der Waals surface area contributed by atoms with E-state index in [1.807, 2.05) is 24.3 Å². The molecule has 1 fully saturated rings. The number of hydrogen-bond donors (Lipinski definition) is 2. The van der Waals surface area contributed by atoms with E-state index in [1.165, 1.54) is 22.3 Å². The van der Waals surface area contributed by atoms with Crippen molar-refractivity contribution in [1.29, 1.82) is 0 Å². The van der Waals surface area contributed by atoms with Gasteiger partial charge < -0.3 is 15.2 Å². The SMILES string of the molecule is O=C(NC[C@@H]1CCCC[C@H]1O)OCC1c2ccccc2-c2ccccc21. The maximum absolute atomic E-state index is 12.2. The van der Waals surface area contributed by atoms with Gasteiger partial charge in [-0.25, -0.2) is 4.79 Å². The van der Waals surface area contributed by atoms with Crippen molar-refractivity contribution in [2.75, 3.05) is 13.2 Å². The van der Waals surface area contributed by atoms with Crippen LogP contribution >= 0.6 is 0 Å². The van der Waals surface area contributed by atoms with Crippen molar-refractivity contribution in [2.24, 2.45) is 5.92 Å². The molecule has 136 valence electrons. The standard InChI is InChI=1S/C22H25NO3/c24-21-12-6-1-7-15(21)13-23-22(25)26-14-20-18-10-4-2-8-16(18)17-9-3-5-11-19(17)20/h2-5,8-11,15,20-21,24H,1,6-7,12-14H2,(H,23,25)/t15-,21+/m0/s1. The van der Waals surface area contributed by atoms with Crippen molar-refractivity contribution in [3.63, 3.8) is 0 Å². The quantitative estimate of drug-likeness (QED) is 0.873. The lowest BCUT2D eigenvalue weighted by Gasteiger charge is -2.27. The number of nitrogens with one attached hydrogen (secondary N) is 1. The third-order valence-electron chi connectivity index (χ3n) is 5.72. The summed E-state index contributed by atoms with van der Waals surface area (Å²) in [5, 5.41) is 12.8. The predicted octanol–water partition coefficient (Wildman–Crippen LogP) is 4.08. The molecule has 2 aliphatic rings. The summed E-state index contributed by atoms with van der Waals surface area (Å²) >= 11 is 0. The maximum atomic E-state index is 12.2. The van der Waals surface area contributed by atoms with Crippen molar-refractivity contribution >= 4 is 6.09 Å². The Bertz CT molecular complexity index is 743. The molecule has 2 aliphatic carbocycles. The van der Waals surface area contributed by atoms with Crippen LogP contribution in [0.15, 0.2) is 48.5 Å². The lowest BCUT2D eigenvalue weighted by molar-refractivity contribution is 0.0676. The van der Waals surface area contributed by atoms with E-state index in [1.54, 1.807) is 0 Å². The summed E-state index contributed by atoms with van der Waals surface area (Å²) in [6.07, 6.45) is 3.28. The van der Waals surface area contributed by atoms with Gasteiger partial charge in [-0.05, 0) is 35.1 Å². The second-order valence-corrected chi connectivity index (χ2v) is 7.32. The van der Waals surface area contributed by atoms with Gasteiger partial charge in [-0.2, -0.15) is 0 Å². The first-order valence-electron chi connectivity index (χ1n) is 9.51. The zero-order valence-corrected chi connectivity index (χ0v) is 14.9. The monoisotopic (exact) mass is 351 g/mol. The highest BCUT2D eigenvalue weighted by Crippen LogP contribution is 2.44. The minimum atomic E-state index is -0.398. The number of aliphatic hydroxyl groups is 1. The van der Waals surface area contributed by atoms with Crippen LogP contribution in [0, 0.1) is 5.92 Å². The van der Waals surface area contributed by atoms with E-state index in [0.29, 0.717) is 13.2 Å². The topological polar surface area (TPSA) is 58.6 Å². The van der Waals surface area contributed by atoms with Crippen LogP contribution in [0.1, 0.15) is 42.7 Å². The number of alkyl carbamates (subject to hydrolysis) is 1. The van der Waals surface area contributed by atoms with E-state index in [0.717, 1.165) is 25.7 Å². The number of carbonyl (C=O) groups is 1. The van der Waals surface area contributed by atoms with Gasteiger partial charge in [-0.3, -0.25) is 0 Å². The highest BCUT2D eigenvalue weighted by atomic mass is 16.5. The van der Waals surface area contributed by atoms with E-state index in [2.05, 4.69) is 29.6 Å². The van der Waals surface area contributed by atoms with Crippen molar-refractivity contribution in [1.82, 2.24) is 5.32 Å². The van der Waals surface area contributed by atoms with E-state index in [9.17, 15) is 9.90 Å². The maximum Gasteiger partial charge on any atom is 0.407 e. The summed E-state index contributed by atoms with van der Waals surface area (Å²) in [5.41, 5.74) is 4.87. The molecule has 0 aliphatic heterocycles. The van der Waals surface area contributed by atoms with Crippen molar-refractivity contribution < 1.29 is 14.6 Å². The molecule has 4 rings (SSSR count). The number of ether oxygens (including phenoxy) is 1. The fourth-order valence-corrected chi connectivity index (χ4v) is 4.29. The first-order valence-corrected chi connectivity index (χ1v) is 9.51. The Labute approximate surface area is 154 Å². The summed E-state index contributed by atoms with van der Waals surface area (Å²) in [4.78, 5) is 12.2. The first-order chi connectivity index (χ1) is 12.7. The molecular formula is C22H25NO3. The predicted molar refractivity (Wildman–Crippen MR) is 101 cm³/mol. The van der Waals surface area contributed by atoms with Crippen LogP contribution in [-0.4, -0.2) is 30.5 Å². The molecule has 2 atom stereocenters. The lowest BCUT2D eigenvalue weighted by atomic mass is 9.86. The molecule has 1 amide bonds. The normalized spacial score (nSPS) is 21.7. The molecule has 2 N–H and O–H groups in total. The molecule has 0 bridgehead atoms. The van der Waals surface area contributed by atoms with Gasteiger partial charge in [0, 0.05) is 18.4 Å². The molecule has 4 heteroatoms. The van der Waals surface area contributed by atoms with Gasteiger partial charge in [0.25, 0.3) is 0 Å². The van der Waals surface area contributed by atoms with Gasteiger partial charge in [0.1, 0.15) is 6.61 Å². The number of amides is 1. The molecular weight excluding hydrogens is 326 g/mol. The first kappa shape index (κ1) is 17.1. The van der Waals surface area contributed by atoms with Crippen molar-refractivity contribution in [3.8, 4) is 11.1 Å². The Hall–Kier alpha value is -2.33. The fraction of sp³-hybridized carbons (Fsp3) is 0.409. The summed E-state index contributed by atoms with van der Waals surface area (Å²) < 4.78 is 5.53. The number of rotatable bonds is 4. The molecule has 2 aromatic rings. The summed E-state index contributed by atoms with van der Waals surface area (Å²) in [6, 6.07) is 16.6. The van der Waals surface area contributed by atoms with Crippen molar-refractivity contribution in [3.05, 3.63) is 59.7 Å². The molecule has 26 heavy (non-hydrogen) atoms. The summed E-state index contributed by atoms with van der Waals surface area (Å²) in [5.74, 6) is 0.220. The van der Waals surface area contributed by atoms with Crippen LogP contribution in [0.2, 0.25) is 0 Å². The second-order valence-electron chi connectivity index (χ2n) is 7.32. The lowest BCUT2D eigenvalue weighted by Crippen LogP contribution is -2.37. The number of hydrogen-bond acceptors (Lipinski definition) is 3. The van der Waals surface area contributed by atoms with E-state index in [4.69, 9.17) is 4.74 Å². The Morgan fingerprint density at radius 2 is 1.62 bits per heavy atom. The molecule has 4 nitrogen and oxygen atoms in total. The van der Waals surface area contributed by atoms with E-state index < -0.39 is 6.09 Å². The summed E-state index contributed by atoms with van der Waals surface area (Å²) in [7, 11) is 0. The van der Waals surface area contributed by atoms with Gasteiger partial charge in [0.15, 0.2) is 0 Å². The highest BCUT2D eigenvalue weighted by molar-refractivity contribution is 5.79. The molecule has 0 heterocycles. The Morgan fingerprint density at radius 1 is 1.00 bits per heavy atom. The van der Waals surface area contributed by atoms with Crippen LogP contribution in [0.5, 0.6) is 0 Å². The average Bonchev–Trinajstić information content (AvgIpc) is 3.00. The summed E-state index contributed by atoms with van der Waals surface area (Å²) in [6.45, 7) is 0.810. The van der Waals surface area contributed by atoms with Crippen LogP contribution in [0.4, 0.5) is 4.79 Å². The molecule has 0 saturated heterocycles. The molecule has 2 aromatic carbocycles. The second kappa shape index (κ2) is 7.50. The Morgan fingerprint density at radius 3 is 2.27 bits per heavy atom. The Kier molecular flexibility index (Phi) is 4.93. The smallest absolute Gasteiger partial charge is 0.407 e. The zero-order chi connectivity index (χ0) is 17.9. The molecule has 0 unspecified atom stereocenters. The minimum Gasteiger partial charge on any atom is -0.449 e. The molecule has 0 aromatic heterocycles. The third-order valence-corrected chi connectivity index (χ3v) is 5.72. The Balaban J connectivity index is 1.38. The highest BCUT2D eigenvalue weighted by Gasteiger charge is 2.29. The number of fused-ring (bicyclic) bond motifs is 3. The zero-order valence-electron chi connectivity index (χ0n) is 14.9. The van der Waals surface area contributed by atoms with Crippen LogP contribution in [-0.2, 0) is 4.74 Å². The fourth-order valence-electron chi connectivity index (χ4n) is 4.29. The van der Waals surface area contributed by atoms with Gasteiger partial charge in [0.2, 0.25) is 0 Å². The number of carbonyl (C=O) groups excluding carboxylic acids is 1. The molecule has 0 radical (unpaired) electrons. The van der Waals surface area contributed by atoms with Gasteiger partial charge in [0.05, 0.1) is 6.10 Å². The van der Waals surface area contributed by atoms with E-state index >= 15 is 0 Å². The third kappa shape index (κ3) is 3.34. The molecule has 1 saturated carbocycles. The van der Waals surface area contributed by atoms with Crippen LogP contribution in [0.3, 0.4) is 0 Å². The average molecular weight is 351 g/mol. The molecule has 0 spiro atoms. The van der Waals surface area contributed by atoms with Gasteiger partial charge in [-0.1, -0.05) is 61.4 Å². The number of benzene rings is 2. The largest absolute Gasteiger partial charge is 0.449 e. The van der Waals surface area contributed by atoms with Gasteiger partial charge >= 0.3 is 6.09 Å². The van der Waals surface area contributed by atoms with Crippen molar-refractivity contribution in [2.45, 2.75) is 37.7 Å². The number of aliphatic hydroxyl groups excluding tert-OH is 1. The van der Waals surface area contributed by atoms with Crippen LogP contribution < -0.4 is 5.32 Å². The van der Waals surface area contributed by atoms with Crippen LogP contribution in [0.25, 0.3) is 11.1 Å². The minimum absolute atomic E-state index is 0.0772. The van der Waals surface area contributed by atoms with E-state index in [-0.39, 0.29) is 17.9 Å².